The standard InChI is InChI=1S/C21H24ClNO2/c1-21(2,3)23-19(15-10-12-17(22)13-11-15)18(14-24-4)20(25-23)16-8-6-5-7-9-16/h5-13,19H,14H2,1-4H3. The fourth-order valence-electron chi connectivity index (χ4n) is 3.11. The van der Waals surface area contributed by atoms with Crippen molar-refractivity contribution in [1.82, 2.24) is 5.06 Å². The van der Waals surface area contributed by atoms with Crippen LogP contribution in [0.5, 0.6) is 0 Å². The van der Waals surface area contributed by atoms with Gasteiger partial charge in [-0.25, -0.2) is 0 Å². The lowest BCUT2D eigenvalue weighted by Crippen LogP contribution is -2.41. The second-order valence-corrected chi connectivity index (χ2v) is 7.63. The first-order chi connectivity index (χ1) is 11.9. The number of rotatable bonds is 4. The van der Waals surface area contributed by atoms with E-state index in [1.54, 1.807) is 7.11 Å². The van der Waals surface area contributed by atoms with Crippen LogP contribution in [0.2, 0.25) is 5.02 Å². The molecule has 0 amide bonds. The van der Waals surface area contributed by atoms with Gasteiger partial charge in [-0.3, -0.25) is 0 Å². The van der Waals surface area contributed by atoms with E-state index in [1.165, 1.54) is 0 Å². The van der Waals surface area contributed by atoms with Crippen LogP contribution in [0.1, 0.15) is 37.9 Å². The summed E-state index contributed by atoms with van der Waals surface area (Å²) in [6.07, 6.45) is 0. The van der Waals surface area contributed by atoms with E-state index in [0.29, 0.717) is 6.61 Å². The largest absolute Gasteiger partial charge is 0.404 e. The van der Waals surface area contributed by atoms with Gasteiger partial charge in [0.2, 0.25) is 0 Å². The monoisotopic (exact) mass is 357 g/mol. The first-order valence-electron chi connectivity index (χ1n) is 8.42. The van der Waals surface area contributed by atoms with Crippen molar-refractivity contribution in [1.29, 1.82) is 0 Å². The van der Waals surface area contributed by atoms with Crippen LogP contribution >= 0.6 is 11.6 Å². The number of methoxy groups -OCH3 is 1. The minimum atomic E-state index is -0.181. The SMILES string of the molecule is COCC1=C(c2ccccc2)ON(C(C)(C)C)C1c1ccc(Cl)cc1. The van der Waals surface area contributed by atoms with Crippen LogP contribution in [0.15, 0.2) is 60.2 Å². The van der Waals surface area contributed by atoms with Crippen molar-refractivity contribution in [3.8, 4) is 0 Å². The van der Waals surface area contributed by atoms with Gasteiger partial charge in [0.1, 0.15) is 0 Å². The highest BCUT2D eigenvalue weighted by atomic mass is 35.5. The average Bonchev–Trinajstić information content (AvgIpc) is 2.96. The van der Waals surface area contributed by atoms with Gasteiger partial charge in [0.15, 0.2) is 5.76 Å². The van der Waals surface area contributed by atoms with Gasteiger partial charge in [-0.1, -0.05) is 54.1 Å². The average molecular weight is 358 g/mol. The minimum Gasteiger partial charge on any atom is -0.404 e. The van der Waals surface area contributed by atoms with E-state index in [4.69, 9.17) is 21.2 Å². The molecule has 0 aromatic heterocycles. The molecule has 0 N–H and O–H groups in total. The summed E-state index contributed by atoms with van der Waals surface area (Å²) in [5.41, 5.74) is 3.13. The molecule has 25 heavy (non-hydrogen) atoms. The van der Waals surface area contributed by atoms with Gasteiger partial charge in [-0.15, -0.1) is 5.06 Å². The smallest absolute Gasteiger partial charge is 0.158 e. The van der Waals surface area contributed by atoms with Crippen molar-refractivity contribution in [3.05, 3.63) is 76.3 Å². The Bertz CT molecular complexity index is 748. The Balaban J connectivity index is 2.13. The maximum atomic E-state index is 6.37. The summed E-state index contributed by atoms with van der Waals surface area (Å²) < 4.78 is 5.52. The van der Waals surface area contributed by atoms with Crippen LogP contribution in [0.3, 0.4) is 0 Å². The molecule has 0 radical (unpaired) electrons. The first kappa shape index (κ1) is 18.0. The molecule has 0 fully saturated rings. The molecule has 0 spiro atoms. The third-order valence-corrected chi connectivity index (χ3v) is 4.48. The first-order valence-corrected chi connectivity index (χ1v) is 8.80. The fraction of sp³-hybridized carbons (Fsp3) is 0.333. The van der Waals surface area contributed by atoms with Crippen LogP contribution in [0.25, 0.3) is 5.76 Å². The third-order valence-electron chi connectivity index (χ3n) is 4.23. The zero-order valence-corrected chi connectivity index (χ0v) is 15.9. The van der Waals surface area contributed by atoms with Crippen LogP contribution in [-0.2, 0) is 9.57 Å². The number of hydroxylamine groups is 2. The molecule has 1 aliphatic heterocycles. The van der Waals surface area contributed by atoms with Crippen molar-refractivity contribution in [2.24, 2.45) is 0 Å². The summed E-state index contributed by atoms with van der Waals surface area (Å²) in [7, 11) is 1.72. The van der Waals surface area contributed by atoms with E-state index in [0.717, 1.165) is 27.5 Å². The van der Waals surface area contributed by atoms with E-state index in [9.17, 15) is 0 Å². The lowest BCUT2D eigenvalue weighted by Gasteiger charge is -2.36. The van der Waals surface area contributed by atoms with Crippen molar-refractivity contribution < 1.29 is 9.57 Å². The Hall–Kier alpha value is -1.81. The highest BCUT2D eigenvalue weighted by Gasteiger charge is 2.42. The molecule has 1 atom stereocenters. The number of ether oxygens (including phenoxy) is 1. The summed E-state index contributed by atoms with van der Waals surface area (Å²) in [4.78, 5) is 6.37. The second-order valence-electron chi connectivity index (χ2n) is 7.20. The highest BCUT2D eigenvalue weighted by Crippen LogP contribution is 2.45. The molecule has 0 saturated heterocycles. The molecule has 0 saturated carbocycles. The zero-order chi connectivity index (χ0) is 18.0. The Morgan fingerprint density at radius 2 is 1.68 bits per heavy atom. The molecular weight excluding hydrogens is 334 g/mol. The van der Waals surface area contributed by atoms with E-state index >= 15 is 0 Å². The summed E-state index contributed by atoms with van der Waals surface area (Å²) in [6, 6.07) is 18.1. The maximum Gasteiger partial charge on any atom is 0.158 e. The van der Waals surface area contributed by atoms with Gasteiger partial charge >= 0.3 is 0 Å². The van der Waals surface area contributed by atoms with Crippen molar-refractivity contribution in [2.75, 3.05) is 13.7 Å². The highest BCUT2D eigenvalue weighted by molar-refractivity contribution is 6.30. The van der Waals surface area contributed by atoms with Crippen LogP contribution in [0, 0.1) is 0 Å². The molecular formula is C21H24ClNO2. The van der Waals surface area contributed by atoms with Gasteiger partial charge in [-0.05, 0) is 38.5 Å². The Kier molecular flexibility index (Phi) is 5.19. The quantitative estimate of drug-likeness (QED) is 0.722. The molecule has 0 aliphatic carbocycles. The van der Waals surface area contributed by atoms with Gasteiger partial charge < -0.3 is 9.57 Å². The van der Waals surface area contributed by atoms with Gasteiger partial charge in [0.05, 0.1) is 12.6 Å². The minimum absolute atomic E-state index is 0.0209. The van der Waals surface area contributed by atoms with Crippen molar-refractivity contribution in [3.63, 3.8) is 0 Å². The molecule has 1 heterocycles. The normalized spacial score (nSPS) is 18.5. The van der Waals surface area contributed by atoms with E-state index in [-0.39, 0.29) is 11.6 Å². The van der Waals surface area contributed by atoms with Gasteiger partial charge in [0.25, 0.3) is 0 Å². The predicted molar refractivity (Wildman–Crippen MR) is 102 cm³/mol. The Labute approximate surface area is 154 Å². The Morgan fingerprint density at radius 3 is 2.24 bits per heavy atom. The summed E-state index contributed by atoms with van der Waals surface area (Å²) in [5, 5.41) is 2.78. The topological polar surface area (TPSA) is 21.7 Å². The van der Waals surface area contributed by atoms with E-state index in [1.807, 2.05) is 35.4 Å². The van der Waals surface area contributed by atoms with Crippen molar-refractivity contribution >= 4 is 17.4 Å². The number of halogens is 1. The lowest BCUT2D eigenvalue weighted by molar-refractivity contribution is -0.158. The number of nitrogens with zero attached hydrogens (tertiary/aromatic N) is 1. The molecule has 2 aromatic rings. The number of hydrogen-bond acceptors (Lipinski definition) is 3. The van der Waals surface area contributed by atoms with Gasteiger partial charge in [-0.2, -0.15) is 0 Å². The summed E-state index contributed by atoms with van der Waals surface area (Å²) in [6.45, 7) is 6.95. The molecule has 132 valence electrons. The molecule has 1 unspecified atom stereocenters. The fourth-order valence-corrected chi connectivity index (χ4v) is 3.23. The van der Waals surface area contributed by atoms with Gasteiger partial charge in [0, 0.05) is 28.8 Å². The van der Waals surface area contributed by atoms with Crippen LogP contribution < -0.4 is 0 Å². The third kappa shape index (κ3) is 3.74. The molecule has 3 nitrogen and oxygen atoms in total. The zero-order valence-electron chi connectivity index (χ0n) is 15.1. The molecule has 1 aliphatic rings. The summed E-state index contributed by atoms with van der Waals surface area (Å²) in [5.74, 6) is 0.873. The van der Waals surface area contributed by atoms with E-state index < -0.39 is 0 Å². The molecule has 3 rings (SSSR count). The van der Waals surface area contributed by atoms with Crippen molar-refractivity contribution in [2.45, 2.75) is 32.4 Å². The molecule has 2 aromatic carbocycles. The Morgan fingerprint density at radius 1 is 1.04 bits per heavy atom. The lowest BCUT2D eigenvalue weighted by atomic mass is 9.94. The van der Waals surface area contributed by atoms with Crippen LogP contribution in [-0.4, -0.2) is 24.3 Å². The van der Waals surface area contributed by atoms with E-state index in [2.05, 4.69) is 45.0 Å². The second kappa shape index (κ2) is 7.20. The molecule has 0 bridgehead atoms. The maximum absolute atomic E-state index is 6.37. The molecule has 4 heteroatoms. The predicted octanol–water partition coefficient (Wildman–Crippen LogP) is 5.48. The number of hydrogen-bond donors (Lipinski definition) is 0. The number of benzene rings is 2. The summed E-state index contributed by atoms with van der Waals surface area (Å²) >= 11 is 6.09. The van der Waals surface area contributed by atoms with Crippen LogP contribution in [0.4, 0.5) is 0 Å².